The Balaban J connectivity index is 0.000000324. The highest BCUT2D eigenvalue weighted by atomic mass is 31.2. The number of phenols is 1. The van der Waals surface area contributed by atoms with Crippen molar-refractivity contribution in [1.82, 2.24) is 0 Å². The number of hydrogen-bond acceptors (Lipinski definition) is 3. The third-order valence-electron chi connectivity index (χ3n) is 6.09. The van der Waals surface area contributed by atoms with Crippen LogP contribution < -0.4 is 0 Å². The molecule has 5 rings (SSSR count). The molecule has 0 heterocycles. The van der Waals surface area contributed by atoms with E-state index in [2.05, 4.69) is 12.6 Å². The number of phosphoric acid groups is 1. The Hall–Kier alpha value is -1.17. The van der Waals surface area contributed by atoms with Crippen LogP contribution in [0.5, 0.6) is 5.75 Å². The van der Waals surface area contributed by atoms with Gasteiger partial charge >= 0.3 is 7.82 Å². The van der Waals surface area contributed by atoms with Gasteiger partial charge in [0.1, 0.15) is 5.75 Å². The predicted octanol–water partition coefficient (Wildman–Crippen LogP) is 2.87. The van der Waals surface area contributed by atoms with Crippen molar-refractivity contribution in [2.75, 3.05) is 7.11 Å². The van der Waals surface area contributed by atoms with Crippen molar-refractivity contribution in [3.05, 3.63) is 42.0 Å². The zero-order valence-electron chi connectivity index (χ0n) is 14.3. The summed E-state index contributed by atoms with van der Waals surface area (Å²) in [6.45, 7) is 4.47. The standard InChI is InChI=1S/C18H22O2.H3O4P/c1-12-17(15-4-3-5-16(19)7-15)8-13-6-14(9-17)11-18(12,10-13)20-2;1-5(2,3)4/h3-5,7,13-14,19H,1,6,8-11H2,2H3;(H3,1,2,3,4). The van der Waals surface area contributed by atoms with Crippen molar-refractivity contribution in [3.63, 3.8) is 0 Å². The zero-order valence-corrected chi connectivity index (χ0v) is 15.2. The van der Waals surface area contributed by atoms with Crippen LogP contribution in [0.3, 0.4) is 0 Å². The number of rotatable bonds is 2. The van der Waals surface area contributed by atoms with E-state index in [1.165, 1.54) is 30.4 Å². The lowest BCUT2D eigenvalue weighted by Crippen LogP contribution is -2.59. The lowest BCUT2D eigenvalue weighted by molar-refractivity contribution is -0.109. The van der Waals surface area contributed by atoms with Crippen molar-refractivity contribution in [2.45, 2.75) is 43.1 Å². The summed E-state index contributed by atoms with van der Waals surface area (Å²) in [6, 6.07) is 7.79. The van der Waals surface area contributed by atoms with E-state index in [0.29, 0.717) is 5.75 Å². The van der Waals surface area contributed by atoms with Gasteiger partial charge in [0.15, 0.2) is 0 Å². The van der Waals surface area contributed by atoms with Crippen molar-refractivity contribution in [1.29, 1.82) is 0 Å². The van der Waals surface area contributed by atoms with Gasteiger partial charge in [0, 0.05) is 12.5 Å². The van der Waals surface area contributed by atoms with Crippen LogP contribution in [-0.4, -0.2) is 32.5 Å². The van der Waals surface area contributed by atoms with E-state index in [-0.39, 0.29) is 11.0 Å². The molecule has 0 aromatic heterocycles. The number of benzene rings is 1. The van der Waals surface area contributed by atoms with Crippen molar-refractivity contribution in [3.8, 4) is 5.75 Å². The van der Waals surface area contributed by atoms with E-state index in [9.17, 15) is 5.11 Å². The van der Waals surface area contributed by atoms with Gasteiger partial charge in [0.05, 0.1) is 5.60 Å². The molecular formula is C18H25O6P. The normalized spacial score (nSPS) is 36.1. The van der Waals surface area contributed by atoms with Gasteiger partial charge < -0.3 is 24.5 Å². The fourth-order valence-corrected chi connectivity index (χ4v) is 5.47. The van der Waals surface area contributed by atoms with Crippen LogP contribution in [0.4, 0.5) is 0 Å². The highest BCUT2D eigenvalue weighted by Crippen LogP contribution is 2.65. The first-order valence-corrected chi connectivity index (χ1v) is 9.97. The maximum absolute atomic E-state index is 9.86. The maximum atomic E-state index is 9.86. The Labute approximate surface area is 147 Å². The minimum absolute atomic E-state index is 0.0266. The molecule has 4 aliphatic rings. The summed E-state index contributed by atoms with van der Waals surface area (Å²) in [5.74, 6) is 1.85. The fourth-order valence-electron chi connectivity index (χ4n) is 5.47. The second-order valence-corrected chi connectivity index (χ2v) is 8.63. The third kappa shape index (κ3) is 3.42. The topological polar surface area (TPSA) is 107 Å². The minimum Gasteiger partial charge on any atom is -0.508 e. The molecule has 0 saturated heterocycles. The zero-order chi connectivity index (χ0) is 18.5. The van der Waals surface area contributed by atoms with Crippen LogP contribution in [0.15, 0.2) is 36.4 Å². The van der Waals surface area contributed by atoms with E-state index in [1.807, 2.05) is 19.2 Å². The maximum Gasteiger partial charge on any atom is 0.466 e. The second-order valence-electron chi connectivity index (χ2n) is 7.61. The lowest BCUT2D eigenvalue weighted by atomic mass is 9.44. The number of ether oxygens (including phenoxy) is 1. The molecule has 2 unspecified atom stereocenters. The molecule has 25 heavy (non-hydrogen) atoms. The summed E-state index contributed by atoms with van der Waals surface area (Å²) >= 11 is 0. The number of aromatic hydroxyl groups is 1. The van der Waals surface area contributed by atoms with Gasteiger partial charge in [-0.1, -0.05) is 18.7 Å². The Morgan fingerprint density at radius 2 is 1.72 bits per heavy atom. The first-order valence-electron chi connectivity index (χ1n) is 8.41. The molecule has 0 aliphatic heterocycles. The molecule has 4 saturated carbocycles. The van der Waals surface area contributed by atoms with Crippen LogP contribution in [0.2, 0.25) is 0 Å². The van der Waals surface area contributed by atoms with Gasteiger partial charge in [-0.25, -0.2) is 4.57 Å². The molecular weight excluding hydrogens is 343 g/mol. The average molecular weight is 368 g/mol. The summed E-state index contributed by atoms with van der Waals surface area (Å²) in [5, 5.41) is 9.86. The van der Waals surface area contributed by atoms with Gasteiger partial charge in [-0.2, -0.15) is 0 Å². The first kappa shape index (κ1) is 18.6. The number of methoxy groups -OCH3 is 1. The summed E-state index contributed by atoms with van der Waals surface area (Å²) in [6.07, 6.45) is 5.98. The molecule has 138 valence electrons. The molecule has 4 bridgehead atoms. The molecule has 4 N–H and O–H groups in total. The number of phenolic OH excluding ortho intramolecular Hbond substituents is 1. The quantitative estimate of drug-likeness (QED) is 0.472. The lowest BCUT2D eigenvalue weighted by Gasteiger charge is -2.63. The van der Waals surface area contributed by atoms with Crippen molar-refractivity contribution >= 4 is 7.82 Å². The fraction of sp³-hybridized carbons (Fsp3) is 0.556. The molecule has 1 aromatic carbocycles. The van der Waals surface area contributed by atoms with E-state index in [0.717, 1.165) is 24.7 Å². The van der Waals surface area contributed by atoms with Crippen molar-refractivity contribution < 1.29 is 29.1 Å². The van der Waals surface area contributed by atoms with E-state index < -0.39 is 7.82 Å². The monoisotopic (exact) mass is 368 g/mol. The van der Waals surface area contributed by atoms with Gasteiger partial charge in [0.25, 0.3) is 0 Å². The summed E-state index contributed by atoms with van der Waals surface area (Å²) in [7, 11) is -2.80. The molecule has 0 amide bonds. The molecule has 4 aliphatic carbocycles. The van der Waals surface area contributed by atoms with Crippen LogP contribution in [0, 0.1) is 11.8 Å². The smallest absolute Gasteiger partial charge is 0.466 e. The second kappa shape index (κ2) is 6.22. The Bertz CT molecular complexity index is 702. The SMILES string of the molecule is C=C1C2(OC)CC3CC(C2)CC1(c1cccc(O)c1)C3.O=P(O)(O)O. The third-order valence-corrected chi connectivity index (χ3v) is 6.09. The molecule has 2 atom stereocenters. The summed E-state index contributed by atoms with van der Waals surface area (Å²) in [4.78, 5) is 21.6. The summed E-state index contributed by atoms with van der Waals surface area (Å²) in [5.41, 5.74) is 2.40. The number of hydrogen-bond donors (Lipinski definition) is 4. The molecule has 7 heteroatoms. The largest absolute Gasteiger partial charge is 0.508 e. The van der Waals surface area contributed by atoms with Crippen LogP contribution in [0.1, 0.15) is 37.7 Å². The van der Waals surface area contributed by atoms with Gasteiger partial charge in [0.2, 0.25) is 0 Å². The highest BCUT2D eigenvalue weighted by Gasteiger charge is 2.61. The molecule has 4 fully saturated rings. The Morgan fingerprint density at radius 1 is 1.16 bits per heavy atom. The molecule has 0 radical (unpaired) electrons. The Morgan fingerprint density at radius 3 is 2.20 bits per heavy atom. The molecule has 1 aromatic rings. The molecule has 0 spiro atoms. The predicted molar refractivity (Wildman–Crippen MR) is 93.0 cm³/mol. The first-order chi connectivity index (χ1) is 11.6. The Kier molecular flexibility index (Phi) is 4.63. The van der Waals surface area contributed by atoms with E-state index in [4.69, 9.17) is 24.0 Å². The van der Waals surface area contributed by atoms with Gasteiger partial charge in [-0.15, -0.1) is 0 Å². The minimum atomic E-state index is -4.64. The molecule has 6 nitrogen and oxygen atoms in total. The van der Waals surface area contributed by atoms with Crippen LogP contribution in [0.25, 0.3) is 0 Å². The highest BCUT2D eigenvalue weighted by molar-refractivity contribution is 7.45. The van der Waals surface area contributed by atoms with Crippen molar-refractivity contribution in [2.24, 2.45) is 11.8 Å². The van der Waals surface area contributed by atoms with E-state index in [1.54, 1.807) is 6.07 Å². The van der Waals surface area contributed by atoms with E-state index >= 15 is 0 Å². The van der Waals surface area contributed by atoms with Crippen LogP contribution >= 0.6 is 7.82 Å². The van der Waals surface area contributed by atoms with Gasteiger partial charge in [-0.3, -0.25) is 0 Å². The van der Waals surface area contributed by atoms with Crippen LogP contribution in [-0.2, 0) is 14.7 Å². The van der Waals surface area contributed by atoms with Gasteiger partial charge in [-0.05, 0) is 67.2 Å². The summed E-state index contributed by atoms with van der Waals surface area (Å²) < 4.78 is 14.9. The average Bonchev–Trinajstić information content (AvgIpc) is 2.50.